The van der Waals surface area contributed by atoms with Crippen molar-refractivity contribution in [3.8, 4) is 0 Å². The molecule has 1 saturated heterocycles. The molecule has 1 aliphatic heterocycles. The molecule has 0 aromatic rings. The zero-order chi connectivity index (χ0) is 11.8. The molecule has 0 unspecified atom stereocenters. The monoisotopic (exact) mass is 232 g/mol. The Balaban J connectivity index is 0. The summed E-state index contributed by atoms with van der Waals surface area (Å²) in [6.45, 7) is 8.40. The van der Waals surface area contributed by atoms with Crippen LogP contribution in [0.15, 0.2) is 0 Å². The normalized spacial score (nSPS) is 21.4. The van der Waals surface area contributed by atoms with Gasteiger partial charge in [-0.05, 0) is 28.2 Å². The van der Waals surface area contributed by atoms with Gasteiger partial charge in [0.1, 0.15) is 0 Å². The summed E-state index contributed by atoms with van der Waals surface area (Å²) in [6.07, 6.45) is 1.25. The summed E-state index contributed by atoms with van der Waals surface area (Å²) >= 11 is 0. The Morgan fingerprint density at radius 3 is 0.875 bits per heavy atom. The lowest BCUT2D eigenvalue weighted by Gasteiger charge is -2.36. The van der Waals surface area contributed by atoms with E-state index in [1.807, 2.05) is 0 Å². The van der Waals surface area contributed by atoms with Gasteiger partial charge >= 0.3 is 0 Å². The van der Waals surface area contributed by atoms with E-state index in [9.17, 15) is 0 Å². The van der Waals surface area contributed by atoms with Crippen LogP contribution >= 0.6 is 0 Å². The second-order valence-electron chi connectivity index (χ2n) is 4.70. The van der Waals surface area contributed by atoms with Crippen molar-refractivity contribution in [1.29, 1.82) is 0 Å². The summed E-state index contributed by atoms with van der Waals surface area (Å²) in [7, 11) is 8.60. The number of hydrogen-bond donors (Lipinski definition) is 0. The zero-order valence-electron chi connectivity index (χ0n) is 11.3. The Labute approximate surface area is 103 Å². The zero-order valence-corrected chi connectivity index (χ0v) is 11.3. The van der Waals surface area contributed by atoms with Gasteiger partial charge in [-0.3, -0.25) is 19.6 Å². The largest absolute Gasteiger partial charge is 0.280 e. The lowest BCUT2D eigenvalue weighted by atomic mass is 10.6. The van der Waals surface area contributed by atoms with Gasteiger partial charge in [0.05, 0.1) is 26.7 Å². The van der Waals surface area contributed by atoms with Gasteiger partial charge in [-0.2, -0.15) is 0 Å². The highest BCUT2D eigenvalue weighted by Crippen LogP contribution is 1.98. The predicted molar refractivity (Wildman–Crippen MR) is 73.2 cm³/mol. The first kappa shape index (κ1) is 18.2. The smallest absolute Gasteiger partial charge is 0.0523 e. The standard InChI is InChI=1S/C8H20N4.C3H8.CH4/c1-9-5-10(2)7-12(4)8-11(3)6-9;1-3-2;/h5-8H2,1-4H3;3H2,1-2H3;1H4. The lowest BCUT2D eigenvalue weighted by molar-refractivity contribution is 0.0149. The third kappa shape index (κ3) is 9.09. The Hall–Kier alpha value is -0.160. The molecule has 0 aromatic carbocycles. The molecule has 0 spiro atoms. The fraction of sp³-hybridized carbons (Fsp3) is 1.00. The Kier molecular flexibility index (Phi) is 11.4. The van der Waals surface area contributed by atoms with E-state index in [1.165, 1.54) is 6.42 Å². The van der Waals surface area contributed by atoms with Gasteiger partial charge < -0.3 is 0 Å². The maximum atomic E-state index is 2.31. The Bertz CT molecular complexity index is 112. The van der Waals surface area contributed by atoms with Crippen LogP contribution in [0.25, 0.3) is 0 Å². The molecular weight excluding hydrogens is 200 g/mol. The van der Waals surface area contributed by atoms with Gasteiger partial charge in [0.15, 0.2) is 0 Å². The number of rotatable bonds is 0. The van der Waals surface area contributed by atoms with Gasteiger partial charge in [0, 0.05) is 0 Å². The van der Waals surface area contributed by atoms with Crippen molar-refractivity contribution in [3.05, 3.63) is 0 Å². The fourth-order valence-corrected chi connectivity index (χ4v) is 1.83. The Morgan fingerprint density at radius 2 is 0.750 bits per heavy atom. The quantitative estimate of drug-likeness (QED) is 0.629. The van der Waals surface area contributed by atoms with Crippen LogP contribution in [0.4, 0.5) is 0 Å². The molecule has 1 heterocycles. The summed E-state index contributed by atoms with van der Waals surface area (Å²) in [5, 5.41) is 0. The highest BCUT2D eigenvalue weighted by Gasteiger charge is 2.13. The molecule has 0 aromatic heterocycles. The first-order chi connectivity index (χ1) is 6.99. The molecule has 4 nitrogen and oxygen atoms in total. The first-order valence-electron chi connectivity index (χ1n) is 5.73. The average Bonchev–Trinajstić information content (AvgIpc) is 2.00. The van der Waals surface area contributed by atoms with Gasteiger partial charge in [0.2, 0.25) is 0 Å². The van der Waals surface area contributed by atoms with Crippen LogP contribution < -0.4 is 0 Å². The molecular formula is C12H32N4. The third-order valence-corrected chi connectivity index (χ3v) is 1.93. The van der Waals surface area contributed by atoms with Crippen LogP contribution in [0.3, 0.4) is 0 Å². The molecule has 1 rings (SSSR count). The van der Waals surface area contributed by atoms with Crippen molar-refractivity contribution in [2.75, 3.05) is 54.9 Å². The van der Waals surface area contributed by atoms with Crippen molar-refractivity contribution in [2.45, 2.75) is 27.7 Å². The number of hydrogen-bond acceptors (Lipinski definition) is 4. The van der Waals surface area contributed by atoms with E-state index in [0.717, 1.165) is 26.7 Å². The van der Waals surface area contributed by atoms with E-state index in [2.05, 4.69) is 61.6 Å². The van der Waals surface area contributed by atoms with Crippen molar-refractivity contribution < 1.29 is 0 Å². The summed E-state index contributed by atoms with van der Waals surface area (Å²) in [6, 6.07) is 0. The molecule has 0 radical (unpaired) electrons. The van der Waals surface area contributed by atoms with Crippen LogP contribution in [0.2, 0.25) is 0 Å². The summed E-state index contributed by atoms with van der Waals surface area (Å²) in [4.78, 5) is 9.25. The van der Waals surface area contributed by atoms with Crippen LogP contribution in [-0.4, -0.2) is 74.5 Å². The van der Waals surface area contributed by atoms with Crippen molar-refractivity contribution in [1.82, 2.24) is 19.6 Å². The van der Waals surface area contributed by atoms with E-state index in [-0.39, 0.29) is 7.43 Å². The number of nitrogens with zero attached hydrogens (tertiary/aromatic N) is 4. The summed E-state index contributed by atoms with van der Waals surface area (Å²) in [5.74, 6) is 0. The molecule has 0 bridgehead atoms. The van der Waals surface area contributed by atoms with Crippen LogP contribution in [0.1, 0.15) is 27.7 Å². The van der Waals surface area contributed by atoms with Crippen molar-refractivity contribution in [3.63, 3.8) is 0 Å². The van der Waals surface area contributed by atoms with Gasteiger partial charge in [-0.25, -0.2) is 0 Å². The third-order valence-electron chi connectivity index (χ3n) is 1.93. The predicted octanol–water partition coefficient (Wildman–Crippen LogP) is 1.61. The minimum atomic E-state index is 0. The molecule has 16 heavy (non-hydrogen) atoms. The topological polar surface area (TPSA) is 13.0 Å². The molecule has 100 valence electrons. The molecule has 1 fully saturated rings. The van der Waals surface area contributed by atoms with E-state index in [4.69, 9.17) is 0 Å². The average molecular weight is 232 g/mol. The van der Waals surface area contributed by atoms with Gasteiger partial charge in [-0.15, -0.1) is 0 Å². The van der Waals surface area contributed by atoms with Gasteiger partial charge in [0.25, 0.3) is 0 Å². The molecule has 0 aliphatic carbocycles. The molecule has 0 amide bonds. The SMILES string of the molecule is C.CCC.CN1CN(C)CN(C)CN(C)C1. The molecule has 0 saturated carbocycles. The minimum Gasteiger partial charge on any atom is -0.280 e. The van der Waals surface area contributed by atoms with Crippen LogP contribution in [0, 0.1) is 0 Å². The first-order valence-corrected chi connectivity index (χ1v) is 5.73. The second kappa shape index (κ2) is 10.0. The van der Waals surface area contributed by atoms with E-state index in [0.29, 0.717) is 0 Å². The van der Waals surface area contributed by atoms with Gasteiger partial charge in [-0.1, -0.05) is 27.7 Å². The fourth-order valence-electron chi connectivity index (χ4n) is 1.83. The van der Waals surface area contributed by atoms with Crippen molar-refractivity contribution >= 4 is 0 Å². The maximum Gasteiger partial charge on any atom is 0.0523 e. The molecule has 1 aliphatic rings. The molecule has 0 atom stereocenters. The van der Waals surface area contributed by atoms with E-state index < -0.39 is 0 Å². The highest BCUT2D eigenvalue weighted by atomic mass is 15.5. The lowest BCUT2D eigenvalue weighted by Crippen LogP contribution is -2.50. The van der Waals surface area contributed by atoms with E-state index >= 15 is 0 Å². The Morgan fingerprint density at radius 1 is 0.625 bits per heavy atom. The summed E-state index contributed by atoms with van der Waals surface area (Å²) in [5.41, 5.74) is 0. The van der Waals surface area contributed by atoms with Crippen LogP contribution in [-0.2, 0) is 0 Å². The second-order valence-corrected chi connectivity index (χ2v) is 4.70. The highest BCUT2D eigenvalue weighted by molar-refractivity contribution is 4.59. The van der Waals surface area contributed by atoms with Crippen molar-refractivity contribution in [2.24, 2.45) is 0 Å². The van der Waals surface area contributed by atoms with Crippen LogP contribution in [0.5, 0.6) is 0 Å². The molecule has 4 heteroatoms. The minimum absolute atomic E-state index is 0. The van der Waals surface area contributed by atoms with E-state index in [1.54, 1.807) is 0 Å². The molecule has 0 N–H and O–H groups in total. The maximum absolute atomic E-state index is 2.31. The summed E-state index contributed by atoms with van der Waals surface area (Å²) < 4.78 is 0.